The summed E-state index contributed by atoms with van der Waals surface area (Å²) in [5, 5.41) is 10.9. The van der Waals surface area contributed by atoms with Crippen molar-refractivity contribution in [3.63, 3.8) is 0 Å². The van der Waals surface area contributed by atoms with Crippen LogP contribution in [0.5, 0.6) is 5.75 Å². The molecule has 7 nitrogen and oxygen atoms in total. The number of non-ortho nitro benzene ring substituents is 1. The standard InChI is InChI=1S/C15H16N2O5S/c1-10-4-6-13(8-11(10)2)23(20,21)16-14-9-12(17(18)19)5-7-15(14)22-3/h4-9,16H,1-3H3. The number of hydrogen-bond acceptors (Lipinski definition) is 5. The summed E-state index contributed by atoms with van der Waals surface area (Å²) in [6, 6.07) is 8.44. The largest absolute Gasteiger partial charge is 0.495 e. The van der Waals surface area contributed by atoms with Gasteiger partial charge in [0.1, 0.15) is 5.75 Å². The van der Waals surface area contributed by atoms with E-state index in [1.165, 1.54) is 25.3 Å². The minimum Gasteiger partial charge on any atom is -0.495 e. The van der Waals surface area contributed by atoms with E-state index >= 15 is 0 Å². The van der Waals surface area contributed by atoms with Crippen molar-refractivity contribution in [3.05, 3.63) is 57.6 Å². The van der Waals surface area contributed by atoms with Crippen molar-refractivity contribution in [3.8, 4) is 5.75 Å². The van der Waals surface area contributed by atoms with Crippen molar-refractivity contribution in [1.82, 2.24) is 0 Å². The minimum atomic E-state index is -3.88. The van der Waals surface area contributed by atoms with E-state index in [9.17, 15) is 18.5 Å². The van der Waals surface area contributed by atoms with E-state index < -0.39 is 14.9 Å². The molecule has 0 aliphatic heterocycles. The number of hydrogen-bond donors (Lipinski definition) is 1. The first-order valence-corrected chi connectivity index (χ1v) is 8.15. The first kappa shape index (κ1) is 16.8. The molecule has 0 amide bonds. The molecule has 0 saturated heterocycles. The summed E-state index contributed by atoms with van der Waals surface area (Å²) >= 11 is 0. The third kappa shape index (κ3) is 3.59. The molecule has 0 aliphatic rings. The Balaban J connectivity index is 2.45. The predicted octanol–water partition coefficient (Wildman–Crippen LogP) is 3.02. The summed E-state index contributed by atoms with van der Waals surface area (Å²) in [6.45, 7) is 3.69. The van der Waals surface area contributed by atoms with Gasteiger partial charge in [0.05, 0.1) is 22.6 Å². The molecule has 0 bridgehead atoms. The summed E-state index contributed by atoms with van der Waals surface area (Å²) in [5.74, 6) is 0.197. The average molecular weight is 336 g/mol. The minimum absolute atomic E-state index is 0.0138. The Morgan fingerprint density at radius 2 is 1.78 bits per heavy atom. The van der Waals surface area contributed by atoms with Gasteiger partial charge in [-0.2, -0.15) is 0 Å². The smallest absolute Gasteiger partial charge is 0.271 e. The molecular formula is C15H16N2O5S. The maximum Gasteiger partial charge on any atom is 0.271 e. The van der Waals surface area contributed by atoms with Crippen molar-refractivity contribution in [1.29, 1.82) is 0 Å². The van der Waals surface area contributed by atoms with Gasteiger partial charge in [0.15, 0.2) is 0 Å². The van der Waals surface area contributed by atoms with Crippen LogP contribution in [0.1, 0.15) is 11.1 Å². The van der Waals surface area contributed by atoms with Crippen LogP contribution in [0.3, 0.4) is 0 Å². The Morgan fingerprint density at radius 3 is 2.35 bits per heavy atom. The Kier molecular flexibility index (Phi) is 4.55. The fourth-order valence-electron chi connectivity index (χ4n) is 1.97. The van der Waals surface area contributed by atoms with Crippen LogP contribution in [-0.2, 0) is 10.0 Å². The van der Waals surface area contributed by atoms with E-state index in [-0.39, 0.29) is 22.0 Å². The molecule has 0 spiro atoms. The monoisotopic (exact) mass is 336 g/mol. The number of anilines is 1. The van der Waals surface area contributed by atoms with Gasteiger partial charge in [-0.1, -0.05) is 6.07 Å². The van der Waals surface area contributed by atoms with Gasteiger partial charge < -0.3 is 4.74 Å². The second-order valence-electron chi connectivity index (χ2n) is 4.99. The van der Waals surface area contributed by atoms with Gasteiger partial charge in [0.2, 0.25) is 0 Å². The van der Waals surface area contributed by atoms with Crippen LogP contribution in [0, 0.1) is 24.0 Å². The zero-order valence-electron chi connectivity index (χ0n) is 12.9. The Morgan fingerprint density at radius 1 is 1.09 bits per heavy atom. The normalized spacial score (nSPS) is 11.1. The highest BCUT2D eigenvalue weighted by molar-refractivity contribution is 7.92. The molecule has 2 aromatic carbocycles. The number of nitro groups is 1. The molecule has 0 saturated carbocycles. The van der Waals surface area contributed by atoms with E-state index in [0.717, 1.165) is 17.2 Å². The van der Waals surface area contributed by atoms with E-state index in [1.807, 2.05) is 13.8 Å². The average Bonchev–Trinajstić information content (AvgIpc) is 2.49. The quantitative estimate of drug-likeness (QED) is 0.668. The molecule has 0 aliphatic carbocycles. The second kappa shape index (κ2) is 6.25. The molecule has 122 valence electrons. The lowest BCUT2D eigenvalue weighted by molar-refractivity contribution is -0.384. The molecule has 2 aromatic rings. The van der Waals surface area contributed by atoms with Crippen LogP contribution in [0.25, 0.3) is 0 Å². The number of methoxy groups -OCH3 is 1. The number of sulfonamides is 1. The van der Waals surface area contributed by atoms with Gasteiger partial charge in [-0.25, -0.2) is 8.42 Å². The molecule has 8 heteroatoms. The van der Waals surface area contributed by atoms with E-state index in [0.29, 0.717) is 0 Å². The van der Waals surface area contributed by atoms with Gasteiger partial charge >= 0.3 is 0 Å². The lowest BCUT2D eigenvalue weighted by Gasteiger charge is -2.12. The summed E-state index contributed by atoms with van der Waals surface area (Å²) in [4.78, 5) is 10.3. The molecule has 0 fully saturated rings. The van der Waals surface area contributed by atoms with Crippen LogP contribution in [0.4, 0.5) is 11.4 Å². The molecule has 2 rings (SSSR count). The van der Waals surface area contributed by atoms with Gasteiger partial charge in [0.25, 0.3) is 15.7 Å². The van der Waals surface area contributed by atoms with Crippen molar-refractivity contribution in [2.24, 2.45) is 0 Å². The predicted molar refractivity (Wildman–Crippen MR) is 86.4 cm³/mol. The molecule has 1 N–H and O–H groups in total. The highest BCUT2D eigenvalue weighted by atomic mass is 32.2. The lowest BCUT2D eigenvalue weighted by atomic mass is 10.1. The van der Waals surface area contributed by atoms with E-state index in [4.69, 9.17) is 4.74 Å². The zero-order chi connectivity index (χ0) is 17.2. The van der Waals surface area contributed by atoms with Crippen LogP contribution in [-0.4, -0.2) is 20.5 Å². The first-order chi connectivity index (χ1) is 10.7. The molecular weight excluding hydrogens is 320 g/mol. The fraction of sp³-hybridized carbons (Fsp3) is 0.200. The Labute approximate surface area is 134 Å². The van der Waals surface area contributed by atoms with Crippen molar-refractivity contribution in [2.45, 2.75) is 18.7 Å². The van der Waals surface area contributed by atoms with Crippen LogP contribution in [0.2, 0.25) is 0 Å². The summed E-state index contributed by atoms with van der Waals surface area (Å²) in [6.07, 6.45) is 0. The summed E-state index contributed by atoms with van der Waals surface area (Å²) < 4.78 is 32.3. The highest BCUT2D eigenvalue weighted by Crippen LogP contribution is 2.31. The van der Waals surface area contributed by atoms with Crippen LogP contribution in [0.15, 0.2) is 41.3 Å². The molecule has 0 aromatic heterocycles. The molecule has 0 atom stereocenters. The van der Waals surface area contributed by atoms with Gasteiger partial charge in [0, 0.05) is 12.1 Å². The maximum atomic E-state index is 12.5. The van der Waals surface area contributed by atoms with Gasteiger partial charge in [-0.15, -0.1) is 0 Å². The van der Waals surface area contributed by atoms with Crippen molar-refractivity contribution in [2.75, 3.05) is 11.8 Å². The highest BCUT2D eigenvalue weighted by Gasteiger charge is 2.19. The lowest BCUT2D eigenvalue weighted by Crippen LogP contribution is -2.14. The van der Waals surface area contributed by atoms with E-state index in [1.54, 1.807) is 12.1 Å². The number of aryl methyl sites for hydroxylation is 2. The van der Waals surface area contributed by atoms with E-state index in [2.05, 4.69) is 4.72 Å². The summed E-state index contributed by atoms with van der Waals surface area (Å²) in [7, 11) is -2.52. The number of nitrogens with zero attached hydrogens (tertiary/aromatic N) is 1. The number of benzene rings is 2. The number of nitrogens with one attached hydrogen (secondary N) is 1. The first-order valence-electron chi connectivity index (χ1n) is 6.67. The number of rotatable bonds is 5. The summed E-state index contributed by atoms with van der Waals surface area (Å²) in [5.41, 5.74) is 1.58. The topological polar surface area (TPSA) is 98.5 Å². The molecule has 0 radical (unpaired) electrons. The van der Waals surface area contributed by atoms with Gasteiger partial charge in [-0.3, -0.25) is 14.8 Å². The Hall–Kier alpha value is -2.61. The van der Waals surface area contributed by atoms with Gasteiger partial charge in [-0.05, 0) is 43.2 Å². The number of ether oxygens (including phenoxy) is 1. The third-order valence-corrected chi connectivity index (χ3v) is 4.79. The zero-order valence-corrected chi connectivity index (χ0v) is 13.7. The van der Waals surface area contributed by atoms with Crippen LogP contribution >= 0.6 is 0 Å². The fourth-order valence-corrected chi connectivity index (χ4v) is 3.12. The second-order valence-corrected chi connectivity index (χ2v) is 6.68. The maximum absolute atomic E-state index is 12.5. The van der Waals surface area contributed by atoms with Crippen molar-refractivity contribution < 1.29 is 18.1 Å². The number of nitro benzene ring substituents is 1. The molecule has 23 heavy (non-hydrogen) atoms. The Bertz CT molecular complexity index is 862. The van der Waals surface area contributed by atoms with Crippen molar-refractivity contribution >= 4 is 21.4 Å². The molecule has 0 unspecified atom stereocenters. The van der Waals surface area contributed by atoms with Crippen LogP contribution < -0.4 is 9.46 Å². The third-order valence-electron chi connectivity index (χ3n) is 3.43. The SMILES string of the molecule is COc1ccc([N+](=O)[O-])cc1NS(=O)(=O)c1ccc(C)c(C)c1. The molecule has 0 heterocycles.